The van der Waals surface area contributed by atoms with E-state index in [-0.39, 0.29) is 11.8 Å². The van der Waals surface area contributed by atoms with Crippen molar-refractivity contribution in [3.8, 4) is 0 Å². The van der Waals surface area contributed by atoms with E-state index in [4.69, 9.17) is 10.2 Å². The number of unbranched alkanes of at least 4 members (excludes halogenated alkanes) is 2. The topological polar surface area (TPSA) is 141 Å². The lowest BCUT2D eigenvalue weighted by molar-refractivity contribution is -0.147. The number of aromatic amines is 1. The molecule has 5 rings (SSSR count). The fraction of sp³-hybridized carbons (Fsp3) is 0.533. The predicted octanol–water partition coefficient (Wildman–Crippen LogP) is 3.81. The largest absolute Gasteiger partial charge is 0.481 e. The first-order valence-corrected chi connectivity index (χ1v) is 14.3. The van der Waals surface area contributed by atoms with Crippen molar-refractivity contribution < 1.29 is 24.6 Å². The van der Waals surface area contributed by atoms with E-state index in [1.165, 1.54) is 34.9 Å². The van der Waals surface area contributed by atoms with Gasteiger partial charge in [0.05, 0.1) is 5.92 Å². The first-order valence-electron chi connectivity index (χ1n) is 14.3. The summed E-state index contributed by atoms with van der Waals surface area (Å²) in [4.78, 5) is 41.8. The van der Waals surface area contributed by atoms with Crippen molar-refractivity contribution in [2.45, 2.75) is 76.8 Å². The van der Waals surface area contributed by atoms with E-state index in [2.05, 4.69) is 63.1 Å². The van der Waals surface area contributed by atoms with Crippen LogP contribution in [0.4, 0.5) is 0 Å². The molecule has 3 heterocycles. The Kier molecular flexibility index (Phi) is 9.98. The molecular formula is C30H41N5O5. The van der Waals surface area contributed by atoms with Crippen LogP contribution in [0.2, 0.25) is 0 Å². The van der Waals surface area contributed by atoms with E-state index in [0.717, 1.165) is 57.6 Å². The molecule has 3 aromatic rings. The maximum absolute atomic E-state index is 13.1. The Morgan fingerprint density at radius 1 is 1.15 bits per heavy atom. The third kappa shape index (κ3) is 7.10. The number of carboxylic acid groups (broad SMARTS) is 2. The number of carbonyl (C=O) groups excluding carboxylic acids is 1. The number of aliphatic carboxylic acids is 2. The molecule has 2 aromatic heterocycles. The zero-order valence-corrected chi connectivity index (χ0v) is 23.4. The van der Waals surface area contributed by atoms with Crippen LogP contribution in [0, 0.1) is 5.92 Å². The average molecular weight is 552 g/mol. The third-order valence-corrected chi connectivity index (χ3v) is 8.04. The van der Waals surface area contributed by atoms with Crippen LogP contribution in [0.25, 0.3) is 10.9 Å². The summed E-state index contributed by atoms with van der Waals surface area (Å²) in [6.45, 7) is 4.94. The van der Waals surface area contributed by atoms with Crippen LogP contribution in [0.5, 0.6) is 0 Å². The number of nitrogens with zero attached hydrogens (tertiary/aromatic N) is 3. The lowest BCUT2D eigenvalue weighted by atomic mass is 9.72. The van der Waals surface area contributed by atoms with Gasteiger partial charge in [-0.1, -0.05) is 25.5 Å². The van der Waals surface area contributed by atoms with Gasteiger partial charge in [-0.05, 0) is 56.3 Å². The molecule has 1 unspecified atom stereocenters. The average Bonchev–Trinajstić information content (AvgIpc) is 3.56. The summed E-state index contributed by atoms with van der Waals surface area (Å²) in [6.07, 6.45) is 12.7. The molecule has 0 saturated carbocycles. The molecular weight excluding hydrogens is 510 g/mol. The fourth-order valence-electron chi connectivity index (χ4n) is 6.16. The monoisotopic (exact) mass is 551 g/mol. The van der Waals surface area contributed by atoms with E-state index >= 15 is 0 Å². The number of carbonyl (C=O) groups is 3. The van der Waals surface area contributed by atoms with Gasteiger partial charge in [0, 0.05) is 67.5 Å². The van der Waals surface area contributed by atoms with E-state index in [1.807, 2.05) is 6.20 Å². The van der Waals surface area contributed by atoms with Gasteiger partial charge in [-0.2, -0.15) is 0 Å². The fourth-order valence-corrected chi connectivity index (χ4v) is 6.16. The highest BCUT2D eigenvalue weighted by Crippen LogP contribution is 2.45. The maximum atomic E-state index is 13.1. The van der Waals surface area contributed by atoms with Gasteiger partial charge in [0.25, 0.3) is 0 Å². The quantitative estimate of drug-likeness (QED) is 0.210. The molecule has 0 radical (unpaired) electrons. The van der Waals surface area contributed by atoms with Crippen LogP contribution in [-0.2, 0) is 33.8 Å². The number of hydrogen-bond acceptors (Lipinski definition) is 5. The summed E-state index contributed by atoms with van der Waals surface area (Å²) < 4.78 is 2.46. The molecule has 3 atom stereocenters. The van der Waals surface area contributed by atoms with Crippen molar-refractivity contribution in [3.63, 3.8) is 0 Å². The molecule has 0 bridgehead atoms. The highest BCUT2D eigenvalue weighted by molar-refractivity contribution is 5.90. The highest BCUT2D eigenvalue weighted by atomic mass is 16.4. The molecule has 216 valence electrons. The summed E-state index contributed by atoms with van der Waals surface area (Å²) >= 11 is 0. The second-order valence-corrected chi connectivity index (χ2v) is 10.9. The molecule has 10 nitrogen and oxygen atoms in total. The molecule has 1 amide bonds. The molecule has 1 saturated heterocycles. The van der Waals surface area contributed by atoms with Crippen molar-refractivity contribution in [2.24, 2.45) is 5.92 Å². The summed E-state index contributed by atoms with van der Waals surface area (Å²) in [5.74, 6) is -0.899. The number of aryl methyl sites for hydroxylation is 2. The van der Waals surface area contributed by atoms with Gasteiger partial charge >= 0.3 is 11.9 Å². The van der Waals surface area contributed by atoms with Gasteiger partial charge in [-0.15, -0.1) is 0 Å². The number of benzene rings is 1. The molecule has 4 N–H and O–H groups in total. The second-order valence-electron chi connectivity index (χ2n) is 10.9. The molecule has 40 heavy (non-hydrogen) atoms. The third-order valence-electron chi connectivity index (χ3n) is 8.04. The molecule has 1 aromatic carbocycles. The highest BCUT2D eigenvalue weighted by Gasteiger charge is 2.41. The van der Waals surface area contributed by atoms with Crippen LogP contribution < -0.4 is 5.32 Å². The lowest BCUT2D eigenvalue weighted by Crippen LogP contribution is -2.51. The van der Waals surface area contributed by atoms with E-state index in [0.29, 0.717) is 12.0 Å². The van der Waals surface area contributed by atoms with Gasteiger partial charge in [-0.25, -0.2) is 4.98 Å². The summed E-state index contributed by atoms with van der Waals surface area (Å²) in [5, 5.41) is 20.1. The Labute approximate surface area is 234 Å². The number of piperidine rings is 1. The van der Waals surface area contributed by atoms with E-state index in [9.17, 15) is 14.4 Å². The van der Waals surface area contributed by atoms with Crippen LogP contribution in [0.15, 0.2) is 36.8 Å². The number of imidazole rings is 1. The number of hydrogen-bond donors (Lipinski definition) is 4. The normalized spacial score (nSPS) is 19.9. The van der Waals surface area contributed by atoms with E-state index in [1.54, 1.807) is 6.20 Å². The number of likely N-dealkylation sites (N-methyl/N-ethyl adjacent to an activating group) is 1. The van der Waals surface area contributed by atoms with Crippen LogP contribution in [-0.4, -0.2) is 73.7 Å². The van der Waals surface area contributed by atoms with Crippen LogP contribution in [0.1, 0.15) is 68.3 Å². The number of amides is 1. The van der Waals surface area contributed by atoms with Gasteiger partial charge in [0.1, 0.15) is 12.2 Å². The summed E-state index contributed by atoms with van der Waals surface area (Å²) in [6, 6.07) is 7.30. The maximum Gasteiger partial charge on any atom is 0.314 e. The number of nitrogens with one attached hydrogen (secondary N) is 2. The molecule has 1 aliphatic heterocycles. The van der Waals surface area contributed by atoms with Crippen molar-refractivity contribution in [3.05, 3.63) is 53.7 Å². The van der Waals surface area contributed by atoms with Crippen molar-refractivity contribution in [1.82, 2.24) is 24.8 Å². The van der Waals surface area contributed by atoms with Gasteiger partial charge < -0.3 is 30.0 Å². The lowest BCUT2D eigenvalue weighted by Gasteiger charge is -2.45. The van der Waals surface area contributed by atoms with E-state index < -0.39 is 18.4 Å². The first kappa shape index (κ1) is 29.3. The van der Waals surface area contributed by atoms with Gasteiger partial charge in [0.15, 0.2) is 0 Å². The van der Waals surface area contributed by atoms with Crippen molar-refractivity contribution in [2.75, 3.05) is 20.1 Å². The Bertz CT molecular complexity index is 1290. The summed E-state index contributed by atoms with van der Waals surface area (Å²) in [5.41, 5.74) is 4.32. The Morgan fingerprint density at radius 3 is 2.62 bits per heavy atom. The zero-order valence-electron chi connectivity index (χ0n) is 23.4. The standard InChI is InChI=1S/C27H37N5O.C3H4O4/c1-3-4-14-32-18-19-16-24-22(21-8-7-9-23(32)26(19)21)15-20(17-31(24)2)27(33)30-11-6-5-10-25-28-12-13-29-25;4-2(5)1-3(6)7/h7-9,12-13,18,20,22,24H,3-6,10-11,14-17H2,1-2H3,(H,28,29)(H,30,33);1H2,(H,4,5)(H,6,7)/t20-,22?,24-;/m1./s1. The van der Waals surface area contributed by atoms with Crippen molar-refractivity contribution >= 4 is 28.7 Å². The minimum atomic E-state index is -1.31. The van der Waals surface area contributed by atoms with Gasteiger partial charge in [-0.3, -0.25) is 14.4 Å². The number of H-pyrrole nitrogens is 1. The number of carboxylic acids is 2. The number of rotatable bonds is 11. The minimum Gasteiger partial charge on any atom is -0.481 e. The molecule has 0 spiro atoms. The van der Waals surface area contributed by atoms with Crippen LogP contribution >= 0.6 is 0 Å². The zero-order chi connectivity index (χ0) is 28.6. The number of fused-ring (bicyclic) bond motifs is 2. The van der Waals surface area contributed by atoms with Crippen LogP contribution in [0.3, 0.4) is 0 Å². The Morgan fingerprint density at radius 2 is 1.95 bits per heavy atom. The molecule has 1 aliphatic carbocycles. The Hall–Kier alpha value is -3.66. The predicted molar refractivity (Wildman–Crippen MR) is 152 cm³/mol. The first-order chi connectivity index (χ1) is 19.3. The number of likely N-dealkylation sites (tertiary alicyclic amines) is 1. The number of aromatic nitrogens is 3. The molecule has 1 fully saturated rings. The summed E-state index contributed by atoms with van der Waals surface area (Å²) in [7, 11) is 2.21. The SMILES string of the molecule is CCCCn1cc2c3c(cccc31)C1C[C@@H](C(=O)NCCCCc3ncc[nH]3)CN(C)[C@@H]1C2.O=C(O)CC(=O)O. The molecule has 2 aliphatic rings. The second kappa shape index (κ2) is 13.6. The molecule has 10 heteroatoms. The Balaban J connectivity index is 0.000000470. The minimum absolute atomic E-state index is 0.0558. The van der Waals surface area contributed by atoms with Gasteiger partial charge in [0.2, 0.25) is 5.91 Å². The smallest absolute Gasteiger partial charge is 0.314 e. The van der Waals surface area contributed by atoms with Crippen molar-refractivity contribution in [1.29, 1.82) is 0 Å².